The summed E-state index contributed by atoms with van der Waals surface area (Å²) in [6, 6.07) is 22.5. The molecule has 1 atom stereocenters. The molecule has 1 aliphatic carbocycles. The third kappa shape index (κ3) is 4.33. The number of benzene rings is 3. The number of amidine groups is 1. The Morgan fingerprint density at radius 2 is 1.61 bits per heavy atom. The van der Waals surface area contributed by atoms with E-state index >= 15 is 0 Å². The van der Waals surface area contributed by atoms with Crippen LogP contribution in [0.4, 0.5) is 0 Å². The molecule has 3 aliphatic heterocycles. The van der Waals surface area contributed by atoms with Crippen molar-refractivity contribution in [2.24, 2.45) is 4.99 Å². The molecule has 0 bridgehead atoms. The van der Waals surface area contributed by atoms with Crippen LogP contribution in [0.2, 0.25) is 10.0 Å². The van der Waals surface area contributed by atoms with Crippen molar-refractivity contribution in [2.75, 3.05) is 13.2 Å². The number of thioether (sulfide) groups is 1. The summed E-state index contributed by atoms with van der Waals surface area (Å²) in [5.74, 6) is 1.58. The van der Waals surface area contributed by atoms with Gasteiger partial charge in [-0.2, -0.15) is 0 Å². The van der Waals surface area contributed by atoms with Gasteiger partial charge >= 0.3 is 0 Å². The third-order valence-corrected chi connectivity index (χ3v) is 8.62. The Balaban J connectivity index is 1.34. The van der Waals surface area contributed by atoms with Gasteiger partial charge in [-0.05, 0) is 90.1 Å². The van der Waals surface area contributed by atoms with Crippen molar-refractivity contribution in [1.82, 2.24) is 4.90 Å². The lowest BCUT2D eigenvalue weighted by molar-refractivity contribution is 0.171. The summed E-state index contributed by atoms with van der Waals surface area (Å²) >= 11 is 14.1. The zero-order chi connectivity index (χ0) is 25.6. The monoisotopic (exact) mass is 558 g/mol. The van der Waals surface area contributed by atoms with Crippen LogP contribution in [0, 0.1) is 0 Å². The lowest BCUT2D eigenvalue weighted by Gasteiger charge is -2.40. The highest BCUT2D eigenvalue weighted by atomic mass is 35.5. The van der Waals surface area contributed by atoms with Crippen molar-refractivity contribution in [2.45, 2.75) is 25.3 Å². The highest BCUT2D eigenvalue weighted by Gasteiger charge is 2.40. The fraction of sp³-hybridized carbons (Fsp3) is 0.194. The van der Waals surface area contributed by atoms with Crippen LogP contribution in [0.15, 0.2) is 94.0 Å². The van der Waals surface area contributed by atoms with E-state index in [1.165, 1.54) is 16.7 Å². The predicted octanol–water partition coefficient (Wildman–Crippen LogP) is 8.74. The molecule has 7 heteroatoms. The molecule has 0 fully saturated rings. The van der Waals surface area contributed by atoms with Gasteiger partial charge < -0.3 is 14.4 Å². The number of allylic oxidation sites excluding steroid dienone is 1. The van der Waals surface area contributed by atoms with E-state index in [-0.39, 0.29) is 6.04 Å². The molecular formula is C31H24Cl2N2O2S. The standard InChI is InChI=1S/C31H24Cl2N2O2S/c32-23-9-4-19(5-10-23)16-22-2-1-3-25-29(22)34-31-35(30(25)20-6-11-24(33)12-7-20)26(18-38-31)21-8-13-27-28(17-21)37-15-14-36-27/h4-13,16-18,30H,1-3,14-15H2/b22-16+/t30-/m0/s1. The second-order valence-corrected chi connectivity index (χ2v) is 11.4. The molecule has 0 unspecified atom stereocenters. The molecule has 0 saturated heterocycles. The molecule has 0 amide bonds. The summed E-state index contributed by atoms with van der Waals surface area (Å²) in [6.45, 7) is 1.14. The van der Waals surface area contributed by atoms with Crippen LogP contribution in [-0.2, 0) is 0 Å². The molecule has 190 valence electrons. The summed E-state index contributed by atoms with van der Waals surface area (Å²) in [5, 5.41) is 4.66. The third-order valence-electron chi connectivity index (χ3n) is 7.27. The van der Waals surface area contributed by atoms with Gasteiger partial charge in [0.25, 0.3) is 0 Å². The lowest BCUT2D eigenvalue weighted by Crippen LogP contribution is -2.34. The number of fused-ring (bicyclic) bond motifs is 2. The van der Waals surface area contributed by atoms with Gasteiger partial charge in [-0.3, -0.25) is 0 Å². The fourth-order valence-electron chi connectivity index (χ4n) is 5.53. The number of hydrogen-bond acceptors (Lipinski definition) is 5. The Bertz CT molecular complexity index is 1540. The maximum Gasteiger partial charge on any atom is 0.174 e. The smallest absolute Gasteiger partial charge is 0.174 e. The van der Waals surface area contributed by atoms with Gasteiger partial charge in [0.05, 0.1) is 17.4 Å². The quantitative estimate of drug-likeness (QED) is 0.321. The molecular weight excluding hydrogens is 535 g/mol. The Morgan fingerprint density at radius 3 is 2.39 bits per heavy atom. The second kappa shape index (κ2) is 9.88. The molecule has 3 aromatic carbocycles. The largest absolute Gasteiger partial charge is 0.486 e. The van der Waals surface area contributed by atoms with Crippen LogP contribution in [0.5, 0.6) is 11.5 Å². The number of ether oxygens (including phenoxy) is 2. The van der Waals surface area contributed by atoms with Crippen LogP contribution in [0.3, 0.4) is 0 Å². The fourth-order valence-corrected chi connectivity index (χ4v) is 6.71. The summed E-state index contributed by atoms with van der Waals surface area (Å²) in [4.78, 5) is 7.65. The molecule has 0 N–H and O–H groups in total. The lowest BCUT2D eigenvalue weighted by atomic mass is 9.82. The van der Waals surface area contributed by atoms with E-state index in [0.29, 0.717) is 13.2 Å². The SMILES string of the molecule is Clc1ccc(/C=C2\CCCC3=C2N=C2SC=C(c4ccc5c(c4)OCCO5)N2[C@H]3c2ccc(Cl)cc2)cc1. The van der Waals surface area contributed by atoms with E-state index in [2.05, 4.69) is 52.8 Å². The topological polar surface area (TPSA) is 34.1 Å². The van der Waals surface area contributed by atoms with Crippen LogP contribution in [-0.4, -0.2) is 23.3 Å². The number of aliphatic imine (C=N–C) groups is 1. The van der Waals surface area contributed by atoms with Gasteiger partial charge in [0.1, 0.15) is 13.2 Å². The van der Waals surface area contributed by atoms with Gasteiger partial charge in [0, 0.05) is 21.0 Å². The number of rotatable bonds is 3. The van der Waals surface area contributed by atoms with Crippen molar-refractivity contribution in [3.63, 3.8) is 0 Å². The normalized spacial score (nSPS) is 21.2. The van der Waals surface area contributed by atoms with E-state index in [4.69, 9.17) is 37.7 Å². The highest BCUT2D eigenvalue weighted by molar-refractivity contribution is 8.16. The van der Waals surface area contributed by atoms with E-state index in [9.17, 15) is 0 Å². The number of hydrogen-bond donors (Lipinski definition) is 0. The first kappa shape index (κ1) is 24.0. The predicted molar refractivity (Wildman–Crippen MR) is 157 cm³/mol. The molecule has 3 heterocycles. The van der Waals surface area contributed by atoms with Crippen molar-refractivity contribution in [3.05, 3.63) is 116 Å². The van der Waals surface area contributed by atoms with Gasteiger partial charge in [-0.25, -0.2) is 4.99 Å². The summed E-state index contributed by atoms with van der Waals surface area (Å²) in [5.41, 5.74) is 8.27. The average molecular weight is 560 g/mol. The maximum atomic E-state index is 6.31. The Hall–Kier alpha value is -3.12. The summed E-state index contributed by atoms with van der Waals surface area (Å²) < 4.78 is 11.7. The van der Waals surface area contributed by atoms with Crippen LogP contribution < -0.4 is 9.47 Å². The van der Waals surface area contributed by atoms with Crippen molar-refractivity contribution in [3.8, 4) is 11.5 Å². The van der Waals surface area contributed by atoms with E-state index in [1.807, 2.05) is 30.3 Å². The minimum atomic E-state index is 0.0261. The average Bonchev–Trinajstić information content (AvgIpc) is 3.37. The molecule has 4 aliphatic rings. The van der Waals surface area contributed by atoms with Crippen molar-refractivity contribution < 1.29 is 9.47 Å². The van der Waals surface area contributed by atoms with Crippen molar-refractivity contribution >= 4 is 51.9 Å². The van der Waals surface area contributed by atoms with Crippen molar-refractivity contribution in [1.29, 1.82) is 0 Å². The van der Waals surface area contributed by atoms with E-state index in [1.54, 1.807) is 11.8 Å². The molecule has 0 saturated carbocycles. The first-order valence-corrected chi connectivity index (χ1v) is 14.4. The molecule has 0 spiro atoms. The number of halogens is 2. The minimum Gasteiger partial charge on any atom is -0.486 e. The molecule has 4 nitrogen and oxygen atoms in total. The summed E-state index contributed by atoms with van der Waals surface area (Å²) in [6.07, 6.45) is 5.33. The van der Waals surface area contributed by atoms with Gasteiger partial charge in [-0.1, -0.05) is 59.2 Å². The Kier molecular flexibility index (Phi) is 6.23. The van der Waals surface area contributed by atoms with Gasteiger partial charge in [-0.15, -0.1) is 0 Å². The second-order valence-electron chi connectivity index (χ2n) is 9.65. The van der Waals surface area contributed by atoms with E-state index < -0.39 is 0 Å². The van der Waals surface area contributed by atoms with E-state index in [0.717, 1.165) is 68.5 Å². The molecule has 3 aromatic rings. The highest BCUT2D eigenvalue weighted by Crippen LogP contribution is 2.51. The van der Waals surface area contributed by atoms with Crippen LogP contribution >= 0.6 is 35.0 Å². The zero-order valence-corrected chi connectivity index (χ0v) is 22.8. The minimum absolute atomic E-state index is 0.0261. The molecule has 38 heavy (non-hydrogen) atoms. The Morgan fingerprint density at radius 1 is 0.868 bits per heavy atom. The van der Waals surface area contributed by atoms with Crippen LogP contribution in [0.1, 0.15) is 42.0 Å². The Labute approximate surface area is 236 Å². The van der Waals surface area contributed by atoms with Gasteiger partial charge in [0.2, 0.25) is 0 Å². The maximum absolute atomic E-state index is 6.31. The zero-order valence-electron chi connectivity index (χ0n) is 20.5. The molecule has 7 rings (SSSR count). The van der Waals surface area contributed by atoms with Crippen LogP contribution in [0.25, 0.3) is 11.8 Å². The number of nitrogens with zero attached hydrogens (tertiary/aromatic N) is 2. The first-order valence-electron chi connectivity index (χ1n) is 12.7. The molecule has 0 aromatic heterocycles. The molecule has 0 radical (unpaired) electrons. The van der Waals surface area contributed by atoms with Gasteiger partial charge in [0.15, 0.2) is 16.7 Å². The first-order chi connectivity index (χ1) is 18.6. The summed E-state index contributed by atoms with van der Waals surface area (Å²) in [7, 11) is 0.